The molecule has 1 amide bonds. The fourth-order valence-corrected chi connectivity index (χ4v) is 2.57. The van der Waals surface area contributed by atoms with Crippen molar-refractivity contribution in [3.8, 4) is 0 Å². The van der Waals surface area contributed by atoms with Crippen molar-refractivity contribution in [2.45, 2.75) is 82.7 Å². The fourth-order valence-electron chi connectivity index (χ4n) is 2.57. The van der Waals surface area contributed by atoms with Crippen LogP contribution in [0.3, 0.4) is 0 Å². The van der Waals surface area contributed by atoms with E-state index < -0.39 is 48.1 Å². The molecule has 0 fully saturated rings. The van der Waals surface area contributed by atoms with Crippen LogP contribution in [0.5, 0.6) is 0 Å². The maximum atomic E-state index is 14.3. The molecule has 1 N–H and O–H groups in total. The Labute approximate surface area is 172 Å². The number of nitrogens with zero attached hydrogens (tertiary/aromatic N) is 1. The maximum absolute atomic E-state index is 14.3. The van der Waals surface area contributed by atoms with Crippen LogP contribution in [-0.2, 0) is 4.79 Å². The minimum Gasteiger partial charge on any atom is -0.288 e. The molecule has 1 atom stereocenters. The lowest BCUT2D eigenvalue weighted by Crippen LogP contribution is -2.69. The van der Waals surface area contributed by atoms with Crippen molar-refractivity contribution < 1.29 is 53.1 Å². The summed E-state index contributed by atoms with van der Waals surface area (Å²) in [5.74, 6) is -33.6. The van der Waals surface area contributed by atoms with E-state index in [0.717, 1.165) is 5.01 Å². The lowest BCUT2D eigenvalue weighted by atomic mass is 9.87. The van der Waals surface area contributed by atoms with Gasteiger partial charge in [-0.3, -0.25) is 10.2 Å². The van der Waals surface area contributed by atoms with E-state index in [4.69, 9.17) is 0 Å². The summed E-state index contributed by atoms with van der Waals surface area (Å²) in [6.45, 7) is 4.36. The van der Waals surface area contributed by atoms with Gasteiger partial charge in [0.25, 0.3) is 0 Å². The molecule has 0 saturated heterocycles. The number of hydrazine groups is 1. The lowest BCUT2D eigenvalue weighted by Gasteiger charge is -2.39. The van der Waals surface area contributed by atoms with Crippen molar-refractivity contribution in [3.63, 3.8) is 0 Å². The SMILES string of the molecule is CCCCN(CCCC)NC(=O)C(CC)C(F)(F)C(F)(F)C(F)(F)C(F)(F)C(F)(F)F. The second kappa shape index (κ2) is 10.5. The van der Waals surface area contributed by atoms with Crippen molar-refractivity contribution in [3.05, 3.63) is 0 Å². The van der Waals surface area contributed by atoms with Crippen molar-refractivity contribution in [1.82, 2.24) is 10.4 Å². The van der Waals surface area contributed by atoms with Crippen molar-refractivity contribution >= 4 is 5.91 Å². The normalized spacial score (nSPS) is 15.3. The van der Waals surface area contributed by atoms with Gasteiger partial charge >= 0.3 is 29.9 Å². The van der Waals surface area contributed by atoms with Gasteiger partial charge < -0.3 is 0 Å². The molecule has 0 saturated carbocycles. The Morgan fingerprint density at radius 3 is 1.48 bits per heavy atom. The van der Waals surface area contributed by atoms with Crippen LogP contribution in [0.2, 0.25) is 0 Å². The van der Waals surface area contributed by atoms with Crippen LogP contribution in [0, 0.1) is 5.92 Å². The highest BCUT2D eigenvalue weighted by atomic mass is 19.4. The Bertz CT molecular complexity index is 571. The molecule has 0 aromatic heterocycles. The van der Waals surface area contributed by atoms with Crippen LogP contribution in [0.4, 0.5) is 48.3 Å². The molecule has 14 heteroatoms. The summed E-state index contributed by atoms with van der Waals surface area (Å²) in [4.78, 5) is 12.2. The third kappa shape index (κ3) is 5.92. The zero-order chi connectivity index (χ0) is 24.9. The van der Waals surface area contributed by atoms with Crippen LogP contribution >= 0.6 is 0 Å². The van der Waals surface area contributed by atoms with E-state index in [-0.39, 0.29) is 13.1 Å². The maximum Gasteiger partial charge on any atom is 0.460 e. The van der Waals surface area contributed by atoms with Crippen LogP contribution in [-0.4, -0.2) is 53.9 Å². The molecule has 31 heavy (non-hydrogen) atoms. The number of unbranched alkanes of at least 4 members (excludes halogenated alkanes) is 2. The Morgan fingerprint density at radius 2 is 1.16 bits per heavy atom. The molecule has 0 aliphatic carbocycles. The molecule has 0 aromatic carbocycles. The van der Waals surface area contributed by atoms with Gasteiger partial charge in [-0.1, -0.05) is 33.6 Å². The summed E-state index contributed by atoms with van der Waals surface area (Å²) in [6, 6.07) is 0. The molecule has 0 rings (SSSR count). The molecule has 0 spiro atoms. The third-order valence-corrected chi connectivity index (χ3v) is 4.56. The van der Waals surface area contributed by atoms with Crippen molar-refractivity contribution in [2.24, 2.45) is 5.92 Å². The second-order valence-electron chi connectivity index (χ2n) is 6.97. The largest absolute Gasteiger partial charge is 0.460 e. The average Bonchev–Trinajstić information content (AvgIpc) is 2.62. The summed E-state index contributed by atoms with van der Waals surface area (Å²) in [6.07, 6.45) is -6.44. The molecule has 0 heterocycles. The first-order valence-electron chi connectivity index (χ1n) is 9.50. The molecule has 3 nitrogen and oxygen atoms in total. The van der Waals surface area contributed by atoms with Gasteiger partial charge in [0.2, 0.25) is 5.91 Å². The first kappa shape index (κ1) is 29.7. The Morgan fingerprint density at radius 1 is 0.742 bits per heavy atom. The fraction of sp³-hybridized carbons (Fsp3) is 0.941. The van der Waals surface area contributed by atoms with E-state index in [2.05, 4.69) is 0 Å². The summed E-state index contributed by atoms with van der Waals surface area (Å²) >= 11 is 0. The van der Waals surface area contributed by atoms with Crippen LogP contribution in [0.15, 0.2) is 0 Å². The van der Waals surface area contributed by atoms with Gasteiger partial charge in [-0.2, -0.15) is 48.3 Å². The van der Waals surface area contributed by atoms with Gasteiger partial charge in [0, 0.05) is 13.1 Å². The smallest absolute Gasteiger partial charge is 0.288 e. The number of hydrogen-bond donors (Lipinski definition) is 1. The molecule has 186 valence electrons. The number of halogens is 11. The number of rotatable bonds is 13. The van der Waals surface area contributed by atoms with E-state index in [1.54, 1.807) is 13.8 Å². The lowest BCUT2D eigenvalue weighted by molar-refractivity contribution is -0.425. The van der Waals surface area contributed by atoms with Crippen LogP contribution < -0.4 is 5.43 Å². The van der Waals surface area contributed by atoms with Crippen molar-refractivity contribution in [2.75, 3.05) is 13.1 Å². The van der Waals surface area contributed by atoms with E-state index >= 15 is 0 Å². The Kier molecular flexibility index (Phi) is 10.1. The molecular weight excluding hydrogens is 457 g/mol. The first-order valence-corrected chi connectivity index (χ1v) is 9.50. The zero-order valence-electron chi connectivity index (χ0n) is 17.0. The minimum absolute atomic E-state index is 0.0863. The van der Waals surface area contributed by atoms with Gasteiger partial charge in [0.15, 0.2) is 0 Å². The molecule has 0 aliphatic rings. The standard InChI is InChI=1S/C17H25F11N2O/c1-4-7-9-30(10-8-5-2)29-12(31)11(6-3)13(18,19)14(20,21)15(22,23)16(24,25)17(26,27)28/h11H,4-10H2,1-3H3,(H,29,31). The summed E-state index contributed by atoms with van der Waals surface area (Å²) in [7, 11) is 0. The van der Waals surface area contributed by atoms with E-state index in [0.29, 0.717) is 32.6 Å². The molecule has 0 aromatic rings. The van der Waals surface area contributed by atoms with E-state index in [9.17, 15) is 53.1 Å². The number of amides is 1. The highest BCUT2D eigenvalue weighted by Crippen LogP contribution is 2.59. The molecular formula is C17H25F11N2O. The van der Waals surface area contributed by atoms with Gasteiger partial charge in [0.1, 0.15) is 5.92 Å². The van der Waals surface area contributed by atoms with Gasteiger partial charge in [-0.25, -0.2) is 5.01 Å². The zero-order valence-corrected chi connectivity index (χ0v) is 17.0. The highest BCUT2D eigenvalue weighted by Gasteiger charge is 2.88. The number of nitrogens with one attached hydrogen (secondary N) is 1. The molecule has 0 radical (unpaired) electrons. The molecule has 0 bridgehead atoms. The highest BCUT2D eigenvalue weighted by molar-refractivity contribution is 5.79. The summed E-state index contributed by atoms with van der Waals surface area (Å²) in [5.41, 5.74) is 1.86. The predicted molar refractivity (Wildman–Crippen MR) is 89.2 cm³/mol. The molecule has 1 unspecified atom stereocenters. The number of carbonyl (C=O) groups is 1. The van der Waals surface area contributed by atoms with Gasteiger partial charge in [-0.05, 0) is 19.3 Å². The molecule has 0 aliphatic heterocycles. The Hall–Kier alpha value is -1.34. The van der Waals surface area contributed by atoms with Crippen LogP contribution in [0.25, 0.3) is 0 Å². The average molecular weight is 482 g/mol. The number of hydrogen-bond acceptors (Lipinski definition) is 2. The van der Waals surface area contributed by atoms with Gasteiger partial charge in [0.05, 0.1) is 0 Å². The second-order valence-corrected chi connectivity index (χ2v) is 6.97. The van der Waals surface area contributed by atoms with E-state index in [1.165, 1.54) is 0 Å². The number of alkyl halides is 11. The summed E-state index contributed by atoms with van der Waals surface area (Å²) < 4.78 is 146. The quantitative estimate of drug-likeness (QED) is 0.256. The summed E-state index contributed by atoms with van der Waals surface area (Å²) in [5, 5.41) is 1.08. The van der Waals surface area contributed by atoms with Crippen LogP contribution in [0.1, 0.15) is 52.9 Å². The Balaban J connectivity index is 5.97. The van der Waals surface area contributed by atoms with E-state index in [1.807, 2.05) is 5.43 Å². The predicted octanol–water partition coefficient (Wildman–Crippen LogP) is 6.05. The topological polar surface area (TPSA) is 32.3 Å². The third-order valence-electron chi connectivity index (χ3n) is 4.56. The monoisotopic (exact) mass is 482 g/mol. The van der Waals surface area contributed by atoms with Gasteiger partial charge in [-0.15, -0.1) is 0 Å². The minimum atomic E-state index is -7.53. The first-order chi connectivity index (χ1) is 13.9. The van der Waals surface area contributed by atoms with Crippen molar-refractivity contribution in [1.29, 1.82) is 0 Å². The number of carbonyl (C=O) groups excluding carboxylic acids is 1.